The van der Waals surface area contributed by atoms with Crippen LogP contribution in [0.2, 0.25) is 0 Å². The van der Waals surface area contributed by atoms with E-state index >= 15 is 0 Å². The van der Waals surface area contributed by atoms with Crippen molar-refractivity contribution < 1.29 is 27.9 Å². The molecular formula is C30H44N2O6S. The van der Waals surface area contributed by atoms with Gasteiger partial charge in [0.1, 0.15) is 11.9 Å². The predicted molar refractivity (Wildman–Crippen MR) is 152 cm³/mol. The molecule has 1 amide bonds. The Bertz CT molecular complexity index is 1100. The molecule has 2 unspecified atom stereocenters. The van der Waals surface area contributed by atoms with Crippen LogP contribution in [0.4, 0.5) is 0 Å². The minimum atomic E-state index is -4.36. The lowest BCUT2D eigenvalue weighted by molar-refractivity contribution is -0.137. The maximum atomic E-state index is 14.5. The number of methoxy groups -OCH3 is 1. The quantitative estimate of drug-likeness (QED) is 0.173. The topological polar surface area (TPSA) is 105 Å². The molecule has 2 aromatic carbocycles. The second-order valence-electron chi connectivity index (χ2n) is 10.2. The number of hydrogen-bond donors (Lipinski definition) is 2. The van der Waals surface area contributed by atoms with Gasteiger partial charge in [-0.15, -0.1) is 0 Å². The highest BCUT2D eigenvalue weighted by atomic mass is 32.2. The summed E-state index contributed by atoms with van der Waals surface area (Å²) in [5.74, 6) is -0.485. The van der Waals surface area contributed by atoms with Gasteiger partial charge in [-0.25, -0.2) is 13.9 Å². The number of unbranched alkanes of at least 4 members (excludes halogenated alkanes) is 3. The predicted octanol–water partition coefficient (Wildman–Crippen LogP) is 5.32. The Labute approximate surface area is 233 Å². The fraction of sp³-hybridized carbons (Fsp3) is 0.567. The summed E-state index contributed by atoms with van der Waals surface area (Å²) in [4.78, 5) is 16.0. The molecule has 2 aromatic rings. The number of rotatable bonds is 15. The van der Waals surface area contributed by atoms with Crippen molar-refractivity contribution in [2.75, 3.05) is 33.4 Å². The minimum absolute atomic E-state index is 0.00295. The summed E-state index contributed by atoms with van der Waals surface area (Å²) in [5, 5.41) is 9.97. The number of nitrogens with one attached hydrogen (secondary N) is 1. The van der Waals surface area contributed by atoms with Gasteiger partial charge in [-0.05, 0) is 62.2 Å². The largest absolute Gasteiger partial charge is 0.497 e. The van der Waals surface area contributed by atoms with E-state index in [0.29, 0.717) is 24.3 Å². The van der Waals surface area contributed by atoms with Crippen LogP contribution in [0.5, 0.6) is 5.75 Å². The van der Waals surface area contributed by atoms with Crippen LogP contribution in [0.25, 0.3) is 0 Å². The van der Waals surface area contributed by atoms with Crippen LogP contribution in [0.15, 0.2) is 59.5 Å². The van der Waals surface area contributed by atoms with Gasteiger partial charge in [0, 0.05) is 6.54 Å². The van der Waals surface area contributed by atoms with E-state index in [9.17, 15) is 18.4 Å². The molecule has 8 nitrogen and oxygen atoms in total. The Morgan fingerprint density at radius 3 is 2.26 bits per heavy atom. The SMILES string of the molecule is CCCCCCC(C(=O)NO)(C(OCCN1CCCCCC1)c1ccccc1)S(=O)(=O)c1ccc(OC)cc1. The molecule has 1 heterocycles. The fourth-order valence-corrected chi connectivity index (χ4v) is 7.53. The highest BCUT2D eigenvalue weighted by Crippen LogP contribution is 2.44. The average Bonchev–Trinajstić information content (AvgIpc) is 3.25. The second-order valence-corrected chi connectivity index (χ2v) is 12.4. The molecule has 1 aliphatic heterocycles. The Balaban J connectivity index is 2.09. The third-order valence-corrected chi connectivity index (χ3v) is 10.1. The van der Waals surface area contributed by atoms with E-state index < -0.39 is 26.6 Å². The van der Waals surface area contributed by atoms with Crippen LogP contribution < -0.4 is 10.2 Å². The Morgan fingerprint density at radius 1 is 1.00 bits per heavy atom. The van der Waals surface area contributed by atoms with Crippen molar-refractivity contribution in [3.05, 3.63) is 60.2 Å². The number of amides is 1. The van der Waals surface area contributed by atoms with Crippen molar-refractivity contribution in [2.45, 2.75) is 80.5 Å². The summed E-state index contributed by atoms with van der Waals surface area (Å²) < 4.78 is 38.7. The van der Waals surface area contributed by atoms with Gasteiger partial charge in [0.05, 0.1) is 18.6 Å². The summed E-state index contributed by atoms with van der Waals surface area (Å²) in [6.07, 6.45) is 6.64. The first-order chi connectivity index (χ1) is 18.9. The van der Waals surface area contributed by atoms with E-state index in [-0.39, 0.29) is 17.9 Å². The summed E-state index contributed by atoms with van der Waals surface area (Å²) >= 11 is 0. The van der Waals surface area contributed by atoms with Crippen LogP contribution in [-0.2, 0) is 19.4 Å². The summed E-state index contributed by atoms with van der Waals surface area (Å²) in [5.41, 5.74) is 2.28. The molecule has 0 spiro atoms. The number of nitrogens with zero attached hydrogens (tertiary/aromatic N) is 1. The smallest absolute Gasteiger partial charge is 0.268 e. The van der Waals surface area contributed by atoms with Crippen LogP contribution in [0.3, 0.4) is 0 Å². The van der Waals surface area contributed by atoms with Gasteiger partial charge in [-0.1, -0.05) is 75.8 Å². The van der Waals surface area contributed by atoms with Crippen molar-refractivity contribution in [3.8, 4) is 5.75 Å². The Morgan fingerprint density at radius 2 is 1.67 bits per heavy atom. The summed E-state index contributed by atoms with van der Waals surface area (Å²) in [6.45, 7) is 4.91. The van der Waals surface area contributed by atoms with Crippen molar-refractivity contribution in [2.24, 2.45) is 0 Å². The molecule has 0 saturated carbocycles. The molecule has 1 saturated heterocycles. The monoisotopic (exact) mass is 560 g/mol. The van der Waals surface area contributed by atoms with Gasteiger partial charge >= 0.3 is 0 Å². The average molecular weight is 561 g/mol. The Hall–Kier alpha value is -2.46. The van der Waals surface area contributed by atoms with Crippen molar-refractivity contribution in [3.63, 3.8) is 0 Å². The first-order valence-corrected chi connectivity index (χ1v) is 15.6. The van der Waals surface area contributed by atoms with E-state index in [1.54, 1.807) is 41.9 Å². The molecule has 1 aliphatic rings. The van der Waals surface area contributed by atoms with Gasteiger partial charge in [0.25, 0.3) is 5.91 Å². The molecule has 0 aromatic heterocycles. The third kappa shape index (κ3) is 7.60. The van der Waals surface area contributed by atoms with E-state index in [0.717, 1.165) is 45.2 Å². The molecule has 0 radical (unpaired) electrons. The zero-order valence-corrected chi connectivity index (χ0v) is 24.1. The lowest BCUT2D eigenvalue weighted by atomic mass is 9.88. The molecule has 0 aliphatic carbocycles. The van der Waals surface area contributed by atoms with E-state index in [2.05, 4.69) is 11.8 Å². The maximum Gasteiger partial charge on any atom is 0.268 e. The van der Waals surface area contributed by atoms with Gasteiger partial charge in [-0.3, -0.25) is 10.0 Å². The Kier molecular flexibility index (Phi) is 12.2. The van der Waals surface area contributed by atoms with Gasteiger partial charge < -0.3 is 14.4 Å². The third-order valence-electron chi connectivity index (χ3n) is 7.65. The van der Waals surface area contributed by atoms with Crippen LogP contribution in [0.1, 0.15) is 76.4 Å². The molecule has 0 bridgehead atoms. The van der Waals surface area contributed by atoms with Gasteiger partial charge in [0.15, 0.2) is 14.6 Å². The van der Waals surface area contributed by atoms with E-state index in [1.807, 2.05) is 6.07 Å². The first kappa shape index (κ1) is 31.1. The highest BCUT2D eigenvalue weighted by Gasteiger charge is 2.58. The number of hydrogen-bond acceptors (Lipinski definition) is 7. The molecule has 2 N–H and O–H groups in total. The van der Waals surface area contributed by atoms with Crippen molar-refractivity contribution in [1.29, 1.82) is 0 Å². The molecule has 1 fully saturated rings. The second kappa shape index (κ2) is 15.4. The highest BCUT2D eigenvalue weighted by molar-refractivity contribution is 7.93. The first-order valence-electron chi connectivity index (χ1n) is 14.1. The number of hydroxylamine groups is 1. The van der Waals surface area contributed by atoms with Gasteiger partial charge in [-0.2, -0.15) is 0 Å². The molecule has 39 heavy (non-hydrogen) atoms. The molecule has 216 valence electrons. The summed E-state index contributed by atoms with van der Waals surface area (Å²) in [6, 6.07) is 15.0. The fourth-order valence-electron chi connectivity index (χ4n) is 5.42. The van der Waals surface area contributed by atoms with E-state index in [4.69, 9.17) is 9.47 Å². The normalized spacial score (nSPS) is 17.1. The minimum Gasteiger partial charge on any atom is -0.497 e. The number of carbonyl (C=O) groups is 1. The lowest BCUT2D eigenvalue weighted by Gasteiger charge is -2.38. The summed E-state index contributed by atoms with van der Waals surface area (Å²) in [7, 11) is -2.86. The standard InChI is InChI=1S/C30H44N2O6S/c1-3-4-5-11-20-30(29(33)31-34,39(35,36)27-18-16-26(37-2)17-19-27)28(25-14-9-8-10-15-25)38-24-23-32-21-12-6-7-13-22-32/h8-10,14-19,28,34H,3-7,11-13,20-24H2,1-2H3,(H,31,33). The molecule has 3 rings (SSSR count). The van der Waals surface area contributed by atoms with E-state index in [1.165, 1.54) is 32.1 Å². The number of carbonyl (C=O) groups excluding carboxylic acids is 1. The van der Waals surface area contributed by atoms with Crippen molar-refractivity contribution >= 4 is 15.7 Å². The lowest BCUT2D eigenvalue weighted by Crippen LogP contribution is -2.56. The maximum absolute atomic E-state index is 14.5. The number of likely N-dealkylation sites (tertiary alicyclic amines) is 1. The zero-order chi connectivity index (χ0) is 28.1. The number of benzene rings is 2. The van der Waals surface area contributed by atoms with Crippen LogP contribution in [0, 0.1) is 0 Å². The number of sulfone groups is 1. The van der Waals surface area contributed by atoms with Gasteiger partial charge in [0.2, 0.25) is 0 Å². The number of ether oxygens (including phenoxy) is 2. The van der Waals surface area contributed by atoms with Crippen LogP contribution >= 0.6 is 0 Å². The molecule has 9 heteroatoms. The molecule has 2 atom stereocenters. The van der Waals surface area contributed by atoms with Crippen molar-refractivity contribution in [1.82, 2.24) is 10.4 Å². The van der Waals surface area contributed by atoms with Crippen LogP contribution in [-0.4, -0.2) is 62.5 Å². The zero-order valence-electron chi connectivity index (χ0n) is 23.3. The molecular weight excluding hydrogens is 516 g/mol.